The number of fused-ring (bicyclic) bond motifs is 1. The number of hydrogen-bond donors (Lipinski definition) is 1. The number of amides is 1. The van der Waals surface area contributed by atoms with Crippen LogP contribution < -0.4 is 10.1 Å². The van der Waals surface area contributed by atoms with Crippen LogP contribution in [0, 0.1) is 6.92 Å². The number of halogens is 1. The number of nitrogens with one attached hydrogen (secondary N) is 1. The molecule has 4 nitrogen and oxygen atoms in total. The maximum atomic E-state index is 12.1. The zero-order chi connectivity index (χ0) is 18.5. The van der Waals surface area contributed by atoms with Crippen molar-refractivity contribution in [2.24, 2.45) is 0 Å². The van der Waals surface area contributed by atoms with Crippen molar-refractivity contribution in [2.75, 3.05) is 6.54 Å². The number of carbonyl (C=O) groups excluding carboxylic acids is 2. The summed E-state index contributed by atoms with van der Waals surface area (Å²) < 4.78 is 5.44. The molecule has 1 amide bonds. The van der Waals surface area contributed by atoms with Crippen LogP contribution in [0.1, 0.15) is 22.3 Å². The Morgan fingerprint density at radius 3 is 2.54 bits per heavy atom. The van der Waals surface area contributed by atoms with Crippen LogP contribution in [0.2, 0.25) is 5.02 Å². The van der Waals surface area contributed by atoms with Crippen molar-refractivity contribution in [1.29, 1.82) is 0 Å². The normalized spacial score (nSPS) is 10.5. The summed E-state index contributed by atoms with van der Waals surface area (Å²) in [6.07, 6.45) is 0.0779. The molecule has 0 spiro atoms. The Bertz CT molecular complexity index is 968. The lowest BCUT2D eigenvalue weighted by molar-refractivity contribution is -0.134. The molecule has 0 aliphatic heterocycles. The maximum absolute atomic E-state index is 12.1. The lowest BCUT2D eigenvalue weighted by Gasteiger charge is -2.09. The summed E-state index contributed by atoms with van der Waals surface area (Å²) in [5.41, 5.74) is 1.58. The van der Waals surface area contributed by atoms with Gasteiger partial charge >= 0.3 is 5.97 Å². The lowest BCUT2D eigenvalue weighted by atomic mass is 10.1. The molecule has 0 bridgehead atoms. The summed E-state index contributed by atoms with van der Waals surface area (Å²) >= 11 is 6.17. The van der Waals surface area contributed by atoms with Gasteiger partial charge in [-0.1, -0.05) is 53.6 Å². The van der Waals surface area contributed by atoms with Gasteiger partial charge < -0.3 is 10.1 Å². The second kappa shape index (κ2) is 8.02. The molecule has 0 fully saturated rings. The van der Waals surface area contributed by atoms with Crippen LogP contribution in [0.15, 0.2) is 60.7 Å². The molecular formula is C21H18ClNO3. The molecule has 0 heterocycles. The quantitative estimate of drug-likeness (QED) is 0.532. The Hall–Kier alpha value is -2.85. The largest absolute Gasteiger partial charge is 0.426 e. The predicted molar refractivity (Wildman–Crippen MR) is 103 cm³/mol. The number of benzene rings is 3. The van der Waals surface area contributed by atoms with Gasteiger partial charge in [-0.25, -0.2) is 0 Å². The summed E-state index contributed by atoms with van der Waals surface area (Å²) in [5, 5.41) is 4.93. The highest BCUT2D eigenvalue weighted by molar-refractivity contribution is 6.35. The molecule has 0 saturated heterocycles. The van der Waals surface area contributed by atoms with Gasteiger partial charge in [-0.05, 0) is 31.2 Å². The Kier molecular flexibility index (Phi) is 5.54. The van der Waals surface area contributed by atoms with Crippen molar-refractivity contribution in [3.8, 4) is 5.75 Å². The molecule has 0 saturated carbocycles. The summed E-state index contributed by atoms with van der Waals surface area (Å²) in [6.45, 7) is 2.13. The van der Waals surface area contributed by atoms with E-state index in [0.29, 0.717) is 16.3 Å². The van der Waals surface area contributed by atoms with Crippen molar-refractivity contribution in [2.45, 2.75) is 13.3 Å². The third-order valence-corrected chi connectivity index (χ3v) is 4.28. The Morgan fingerprint density at radius 2 is 1.77 bits per heavy atom. The molecule has 0 radical (unpaired) electrons. The summed E-state index contributed by atoms with van der Waals surface area (Å²) in [4.78, 5) is 24.2. The van der Waals surface area contributed by atoms with Crippen LogP contribution >= 0.6 is 11.6 Å². The van der Waals surface area contributed by atoms with Gasteiger partial charge in [0.25, 0.3) is 5.91 Å². The van der Waals surface area contributed by atoms with Crippen molar-refractivity contribution in [3.63, 3.8) is 0 Å². The van der Waals surface area contributed by atoms with E-state index in [1.54, 1.807) is 24.3 Å². The highest BCUT2D eigenvalue weighted by atomic mass is 35.5. The molecule has 132 valence electrons. The predicted octanol–water partition coefficient (Wildman–Crippen LogP) is 4.53. The number of hydrogen-bond acceptors (Lipinski definition) is 3. The van der Waals surface area contributed by atoms with Crippen LogP contribution in [0.3, 0.4) is 0 Å². The van der Waals surface area contributed by atoms with E-state index >= 15 is 0 Å². The Morgan fingerprint density at radius 1 is 1.00 bits per heavy atom. The second-order valence-electron chi connectivity index (χ2n) is 5.94. The average Bonchev–Trinajstić information content (AvgIpc) is 2.64. The van der Waals surface area contributed by atoms with Crippen LogP contribution in [0.25, 0.3) is 10.8 Å². The number of rotatable bonds is 5. The van der Waals surface area contributed by atoms with Crippen LogP contribution in [-0.2, 0) is 4.79 Å². The molecular weight excluding hydrogens is 350 g/mol. The fourth-order valence-corrected chi connectivity index (χ4v) is 2.89. The second-order valence-corrected chi connectivity index (χ2v) is 6.35. The first kappa shape index (κ1) is 18.0. The van der Waals surface area contributed by atoms with E-state index in [4.69, 9.17) is 16.3 Å². The molecule has 3 aromatic carbocycles. The summed E-state index contributed by atoms with van der Waals surface area (Å²) in [6, 6.07) is 18.1. The van der Waals surface area contributed by atoms with Gasteiger partial charge in [0.2, 0.25) is 0 Å². The molecule has 0 atom stereocenters. The Balaban J connectivity index is 1.58. The number of ether oxygens (including phenoxy) is 1. The molecule has 0 aromatic heterocycles. The maximum Gasteiger partial charge on any atom is 0.312 e. The van der Waals surface area contributed by atoms with Gasteiger partial charge in [0.05, 0.1) is 6.42 Å². The molecule has 3 rings (SSSR count). The fourth-order valence-electron chi connectivity index (χ4n) is 2.66. The van der Waals surface area contributed by atoms with Crippen LogP contribution in [0.5, 0.6) is 5.75 Å². The van der Waals surface area contributed by atoms with Crippen LogP contribution in [-0.4, -0.2) is 18.4 Å². The fraction of sp³-hybridized carbons (Fsp3) is 0.143. The van der Waals surface area contributed by atoms with E-state index < -0.39 is 5.97 Å². The first-order valence-corrected chi connectivity index (χ1v) is 8.65. The molecule has 0 aliphatic carbocycles. The first-order valence-electron chi connectivity index (χ1n) is 8.27. The van der Waals surface area contributed by atoms with Crippen molar-refractivity contribution in [3.05, 3.63) is 76.8 Å². The molecule has 3 aromatic rings. The van der Waals surface area contributed by atoms with E-state index in [9.17, 15) is 9.59 Å². The van der Waals surface area contributed by atoms with Gasteiger partial charge in [0, 0.05) is 27.9 Å². The van der Waals surface area contributed by atoms with Gasteiger partial charge in [0.1, 0.15) is 5.75 Å². The summed E-state index contributed by atoms with van der Waals surface area (Å²) in [5.74, 6) is -0.166. The molecule has 0 aliphatic rings. The molecule has 5 heteroatoms. The van der Waals surface area contributed by atoms with E-state index in [1.807, 2.05) is 43.3 Å². The lowest BCUT2D eigenvalue weighted by Crippen LogP contribution is -2.27. The molecule has 1 N–H and O–H groups in total. The number of carbonyl (C=O) groups is 2. The highest BCUT2D eigenvalue weighted by Gasteiger charge is 2.11. The average molecular weight is 368 g/mol. The van der Waals surface area contributed by atoms with Gasteiger partial charge in [0.15, 0.2) is 0 Å². The van der Waals surface area contributed by atoms with E-state index in [0.717, 1.165) is 16.3 Å². The Labute approximate surface area is 156 Å². The van der Waals surface area contributed by atoms with Gasteiger partial charge in [-0.15, -0.1) is 0 Å². The van der Waals surface area contributed by atoms with Gasteiger partial charge in [-0.3, -0.25) is 9.59 Å². The minimum absolute atomic E-state index is 0.0779. The smallest absolute Gasteiger partial charge is 0.312 e. The zero-order valence-corrected chi connectivity index (χ0v) is 15.0. The van der Waals surface area contributed by atoms with E-state index in [1.165, 1.54) is 0 Å². The minimum atomic E-state index is -0.415. The van der Waals surface area contributed by atoms with Gasteiger partial charge in [-0.2, -0.15) is 0 Å². The number of esters is 1. The summed E-state index contributed by atoms with van der Waals surface area (Å²) in [7, 11) is 0. The first-order chi connectivity index (χ1) is 12.5. The minimum Gasteiger partial charge on any atom is -0.426 e. The SMILES string of the molecule is Cc1cccc(C(=O)NCCC(=O)Oc2ccc(Cl)c3ccccc23)c1. The van der Waals surface area contributed by atoms with Crippen LogP contribution in [0.4, 0.5) is 0 Å². The number of aryl methyl sites for hydroxylation is 1. The highest BCUT2D eigenvalue weighted by Crippen LogP contribution is 2.31. The van der Waals surface area contributed by atoms with E-state index in [-0.39, 0.29) is 18.9 Å². The van der Waals surface area contributed by atoms with Crippen molar-refractivity contribution < 1.29 is 14.3 Å². The zero-order valence-electron chi connectivity index (χ0n) is 14.3. The third kappa shape index (κ3) is 4.21. The molecule has 0 unspecified atom stereocenters. The molecule has 26 heavy (non-hydrogen) atoms. The van der Waals surface area contributed by atoms with Crippen molar-refractivity contribution in [1.82, 2.24) is 5.32 Å². The van der Waals surface area contributed by atoms with E-state index in [2.05, 4.69) is 5.32 Å². The standard InChI is InChI=1S/C21H18ClNO3/c1-14-5-4-6-15(13-14)21(25)23-12-11-20(24)26-19-10-9-18(22)16-7-2-3-8-17(16)19/h2-10,13H,11-12H2,1H3,(H,23,25). The third-order valence-electron chi connectivity index (χ3n) is 3.95. The monoisotopic (exact) mass is 367 g/mol. The van der Waals surface area contributed by atoms with Crippen molar-refractivity contribution >= 4 is 34.2 Å². The topological polar surface area (TPSA) is 55.4 Å².